The maximum absolute atomic E-state index is 13.9. The minimum atomic E-state index is -0.400. The minimum Gasteiger partial charge on any atom is -0.441 e. The standard InChI is InChI=1S/C23H24FN3O3/c1-23(2,3)27-22(29)16-9-5-7-11-18(16)26-20(28)12-13-21-25-14-19(30-21)15-8-4-6-10-17(15)24/h4-11,14H,12-13H2,1-3H3,(H,26,28)(H,27,29). The van der Waals surface area contributed by atoms with E-state index in [1.807, 2.05) is 20.8 Å². The highest BCUT2D eigenvalue weighted by Crippen LogP contribution is 2.24. The van der Waals surface area contributed by atoms with Gasteiger partial charge in [-0.15, -0.1) is 0 Å². The lowest BCUT2D eigenvalue weighted by molar-refractivity contribution is -0.116. The Bertz CT molecular complexity index is 1050. The Morgan fingerprint density at radius 3 is 2.50 bits per heavy atom. The van der Waals surface area contributed by atoms with E-state index in [4.69, 9.17) is 4.42 Å². The molecule has 3 aromatic rings. The molecule has 0 radical (unpaired) electrons. The lowest BCUT2D eigenvalue weighted by atomic mass is 10.1. The summed E-state index contributed by atoms with van der Waals surface area (Å²) in [6.45, 7) is 5.66. The molecule has 0 bridgehead atoms. The molecule has 0 spiro atoms. The summed E-state index contributed by atoms with van der Waals surface area (Å²) < 4.78 is 19.4. The topological polar surface area (TPSA) is 84.2 Å². The molecule has 156 valence electrons. The maximum Gasteiger partial charge on any atom is 0.253 e. The van der Waals surface area contributed by atoms with Crippen LogP contribution in [0.3, 0.4) is 0 Å². The van der Waals surface area contributed by atoms with Gasteiger partial charge in [-0.25, -0.2) is 9.37 Å². The van der Waals surface area contributed by atoms with E-state index in [0.29, 0.717) is 28.5 Å². The van der Waals surface area contributed by atoms with Crippen LogP contribution >= 0.6 is 0 Å². The van der Waals surface area contributed by atoms with Crippen LogP contribution in [0.1, 0.15) is 43.4 Å². The van der Waals surface area contributed by atoms with Crippen molar-refractivity contribution in [1.29, 1.82) is 0 Å². The largest absolute Gasteiger partial charge is 0.441 e. The Morgan fingerprint density at radius 1 is 1.07 bits per heavy atom. The molecule has 2 N–H and O–H groups in total. The van der Waals surface area contributed by atoms with Gasteiger partial charge in [-0.1, -0.05) is 24.3 Å². The second-order valence-corrected chi connectivity index (χ2v) is 7.90. The summed E-state index contributed by atoms with van der Waals surface area (Å²) in [7, 11) is 0. The van der Waals surface area contributed by atoms with Crippen LogP contribution in [-0.4, -0.2) is 22.3 Å². The summed E-state index contributed by atoms with van der Waals surface area (Å²) in [5, 5.41) is 5.65. The van der Waals surface area contributed by atoms with E-state index in [-0.39, 0.29) is 24.7 Å². The van der Waals surface area contributed by atoms with Crippen LogP contribution in [0.25, 0.3) is 11.3 Å². The highest BCUT2D eigenvalue weighted by molar-refractivity contribution is 6.04. The fraction of sp³-hybridized carbons (Fsp3) is 0.261. The van der Waals surface area contributed by atoms with E-state index in [9.17, 15) is 14.0 Å². The number of aryl methyl sites for hydroxylation is 1. The van der Waals surface area contributed by atoms with Gasteiger partial charge < -0.3 is 15.1 Å². The third-order valence-electron chi connectivity index (χ3n) is 4.19. The number of carbonyl (C=O) groups is 2. The lowest BCUT2D eigenvalue weighted by Crippen LogP contribution is -2.40. The monoisotopic (exact) mass is 409 g/mol. The normalized spacial score (nSPS) is 11.2. The predicted molar refractivity (Wildman–Crippen MR) is 113 cm³/mol. The van der Waals surface area contributed by atoms with E-state index >= 15 is 0 Å². The third-order valence-corrected chi connectivity index (χ3v) is 4.19. The summed E-state index contributed by atoms with van der Waals surface area (Å²) in [6.07, 6.45) is 1.79. The van der Waals surface area contributed by atoms with Crippen LogP contribution in [0.2, 0.25) is 0 Å². The molecular weight excluding hydrogens is 385 g/mol. The zero-order valence-electron chi connectivity index (χ0n) is 17.2. The number of benzene rings is 2. The van der Waals surface area contributed by atoms with E-state index < -0.39 is 11.4 Å². The number of amides is 2. The van der Waals surface area contributed by atoms with Crippen molar-refractivity contribution in [2.45, 2.75) is 39.2 Å². The fourth-order valence-corrected chi connectivity index (χ4v) is 2.84. The van der Waals surface area contributed by atoms with E-state index in [2.05, 4.69) is 15.6 Å². The van der Waals surface area contributed by atoms with Gasteiger partial charge >= 0.3 is 0 Å². The van der Waals surface area contributed by atoms with Crippen molar-refractivity contribution >= 4 is 17.5 Å². The van der Waals surface area contributed by atoms with Gasteiger partial charge in [0.2, 0.25) is 5.91 Å². The molecule has 0 unspecified atom stereocenters. The predicted octanol–water partition coefficient (Wildman–Crippen LogP) is 4.58. The summed E-state index contributed by atoms with van der Waals surface area (Å²) in [5.74, 6) is -0.296. The molecule has 6 nitrogen and oxygen atoms in total. The van der Waals surface area contributed by atoms with Gasteiger partial charge in [0.15, 0.2) is 11.7 Å². The lowest BCUT2D eigenvalue weighted by Gasteiger charge is -2.21. The molecule has 0 aliphatic rings. The Balaban J connectivity index is 1.62. The van der Waals surface area contributed by atoms with E-state index in [1.165, 1.54) is 12.3 Å². The van der Waals surface area contributed by atoms with Crippen molar-refractivity contribution in [2.24, 2.45) is 0 Å². The zero-order chi connectivity index (χ0) is 21.7. The van der Waals surface area contributed by atoms with Crippen molar-refractivity contribution in [2.75, 3.05) is 5.32 Å². The molecule has 0 saturated carbocycles. The Labute approximate surface area is 174 Å². The van der Waals surface area contributed by atoms with E-state index in [0.717, 1.165) is 0 Å². The SMILES string of the molecule is CC(C)(C)NC(=O)c1ccccc1NC(=O)CCc1ncc(-c2ccccc2F)o1. The van der Waals surface area contributed by atoms with Gasteiger partial charge in [0.1, 0.15) is 5.82 Å². The average Bonchev–Trinajstić information content (AvgIpc) is 3.14. The molecule has 0 atom stereocenters. The van der Waals surface area contributed by atoms with Crippen LogP contribution in [-0.2, 0) is 11.2 Å². The van der Waals surface area contributed by atoms with E-state index in [1.54, 1.807) is 42.5 Å². The van der Waals surface area contributed by atoms with Gasteiger partial charge in [0.05, 0.1) is 23.0 Å². The number of halogens is 1. The second-order valence-electron chi connectivity index (χ2n) is 7.90. The summed E-state index contributed by atoms with van der Waals surface area (Å²) in [5.41, 5.74) is 0.747. The van der Waals surface area contributed by atoms with Crippen LogP contribution in [0, 0.1) is 5.82 Å². The number of hydrogen-bond acceptors (Lipinski definition) is 4. The van der Waals surface area contributed by atoms with Gasteiger partial charge in [0.25, 0.3) is 5.91 Å². The summed E-state index contributed by atoms with van der Waals surface area (Å²) >= 11 is 0. The van der Waals surface area contributed by atoms with Crippen molar-refractivity contribution in [3.63, 3.8) is 0 Å². The molecule has 30 heavy (non-hydrogen) atoms. The van der Waals surface area contributed by atoms with Gasteiger partial charge in [-0.2, -0.15) is 0 Å². The minimum absolute atomic E-state index is 0.104. The molecular formula is C23H24FN3O3. The number of nitrogens with one attached hydrogen (secondary N) is 2. The number of oxazole rings is 1. The van der Waals surface area contributed by atoms with Crippen LogP contribution in [0.5, 0.6) is 0 Å². The number of para-hydroxylation sites is 1. The molecule has 7 heteroatoms. The zero-order valence-corrected chi connectivity index (χ0v) is 17.2. The number of anilines is 1. The highest BCUT2D eigenvalue weighted by atomic mass is 19.1. The number of rotatable bonds is 6. The molecule has 3 rings (SSSR count). The molecule has 0 aliphatic carbocycles. The second kappa shape index (κ2) is 8.90. The number of nitrogens with zero attached hydrogens (tertiary/aromatic N) is 1. The van der Waals surface area contributed by atoms with Gasteiger partial charge in [0, 0.05) is 18.4 Å². The Kier molecular flexibility index (Phi) is 6.30. The van der Waals surface area contributed by atoms with Crippen LogP contribution in [0.4, 0.5) is 10.1 Å². The summed E-state index contributed by atoms with van der Waals surface area (Å²) in [6, 6.07) is 13.1. The van der Waals surface area contributed by atoms with Crippen molar-refractivity contribution < 1.29 is 18.4 Å². The fourth-order valence-electron chi connectivity index (χ4n) is 2.84. The molecule has 0 aliphatic heterocycles. The van der Waals surface area contributed by atoms with Crippen molar-refractivity contribution in [1.82, 2.24) is 10.3 Å². The highest BCUT2D eigenvalue weighted by Gasteiger charge is 2.19. The van der Waals surface area contributed by atoms with Gasteiger partial charge in [-0.05, 0) is 45.0 Å². The maximum atomic E-state index is 13.9. The Hall–Kier alpha value is -3.48. The Morgan fingerprint density at radius 2 is 1.77 bits per heavy atom. The van der Waals surface area contributed by atoms with Crippen molar-refractivity contribution in [3.05, 3.63) is 72.0 Å². The molecule has 1 heterocycles. The first kappa shape index (κ1) is 21.2. The molecule has 0 fully saturated rings. The molecule has 0 saturated heterocycles. The first-order valence-electron chi connectivity index (χ1n) is 9.64. The molecule has 2 aromatic carbocycles. The number of aromatic nitrogens is 1. The third kappa shape index (κ3) is 5.53. The first-order valence-corrected chi connectivity index (χ1v) is 9.64. The number of hydrogen-bond donors (Lipinski definition) is 2. The molecule has 2 amide bonds. The van der Waals surface area contributed by atoms with Crippen LogP contribution in [0.15, 0.2) is 59.1 Å². The quantitative estimate of drug-likeness (QED) is 0.624. The molecule has 1 aromatic heterocycles. The number of carbonyl (C=O) groups excluding carboxylic acids is 2. The first-order chi connectivity index (χ1) is 14.2. The van der Waals surface area contributed by atoms with Crippen molar-refractivity contribution in [3.8, 4) is 11.3 Å². The van der Waals surface area contributed by atoms with Crippen LogP contribution < -0.4 is 10.6 Å². The summed E-state index contributed by atoms with van der Waals surface area (Å²) in [4.78, 5) is 29.0. The average molecular weight is 409 g/mol. The van der Waals surface area contributed by atoms with Gasteiger partial charge in [-0.3, -0.25) is 9.59 Å². The smallest absolute Gasteiger partial charge is 0.253 e.